The molecule has 0 saturated carbocycles. The third-order valence-electron chi connectivity index (χ3n) is 20.0. The molecule has 0 aliphatic rings. The molecule has 0 aliphatic carbocycles. The van der Waals surface area contributed by atoms with E-state index in [0.29, 0.717) is 125 Å². The standard InChI is InChI=1S/C24H28N4O4.C24H27N3O5.C22H23N3O5.C16H21N3O3.C11H18O5/c1-26(2)21(29)16-10-15-20-22(25-24(31)32-17-18-11-6-4-7-12-18)23(30)28(27(20)3)19-13-8-5-9-14-19;1-3-31-21(28)16-10-15-20-22(25-24(30)32-17-18-11-6-4-7-12-18)23(29)27(26(20)2)19-13-8-5-9-14-19;1-24-18(13-8-14-19(26)27)20(21(28)25(24)17-11-6-3-7-12-17)23-22(29)30-15-16-9-4-2-5-10-16;1-3-22-14(20)11-7-10-13-15(17)16(21)19(18(13)2)12-8-5-4-6-9-12;1-3-15-10(13)7-5-6-9(12)8-11(14)16-4-2/h4-9,11-14H,10,15-17H2,1-3H3,(H,25,31);4-9,11-14H,3,10,15-17H2,1-2H3,(H,25,30);2-7,9-12H,8,13-15H2,1H3,(H,23,29)(H,26,27);4-6,8-9H,3,7,10-11,17H2,1-2H3;3-8H2,1-2H3. The van der Waals surface area contributed by atoms with E-state index in [1.807, 2.05) is 176 Å². The molecule has 0 fully saturated rings. The fourth-order valence-corrected chi connectivity index (χ4v) is 13.6. The second kappa shape index (κ2) is 54.8. The van der Waals surface area contributed by atoms with Crippen molar-refractivity contribution in [3.63, 3.8) is 0 Å². The van der Waals surface area contributed by atoms with Gasteiger partial charge in [-0.2, -0.15) is 0 Å². The van der Waals surface area contributed by atoms with Gasteiger partial charge in [-0.15, -0.1) is 0 Å². The van der Waals surface area contributed by atoms with Crippen LogP contribution in [0.5, 0.6) is 0 Å². The van der Waals surface area contributed by atoms with Crippen molar-refractivity contribution in [3.8, 4) is 22.7 Å². The summed E-state index contributed by atoms with van der Waals surface area (Å²) in [6.45, 7) is 8.51. The number of nitrogens with one attached hydrogen (secondary N) is 3. The van der Waals surface area contributed by atoms with Crippen LogP contribution in [0.25, 0.3) is 22.7 Å². The number of carboxylic acid groups (broad SMARTS) is 1. The highest BCUT2D eigenvalue weighted by atomic mass is 16.6. The lowest BCUT2D eigenvalue weighted by Crippen LogP contribution is -2.23. The van der Waals surface area contributed by atoms with Crippen molar-refractivity contribution in [1.82, 2.24) is 42.4 Å². The largest absolute Gasteiger partial charge is 0.481 e. The smallest absolute Gasteiger partial charge is 0.412 e. The first-order valence-corrected chi connectivity index (χ1v) is 43.2. The minimum absolute atomic E-state index is 0.00859. The molecule has 4 heterocycles. The summed E-state index contributed by atoms with van der Waals surface area (Å²) in [6, 6.07) is 64.4. The lowest BCUT2D eigenvalue weighted by molar-refractivity contribution is -0.146. The number of nitrogens with zero attached hydrogens (tertiary/aromatic N) is 9. The molecular weight excluding hydrogens is 1700 g/mol. The number of rotatable bonds is 39. The molecule has 0 unspecified atom stereocenters. The van der Waals surface area contributed by atoms with Gasteiger partial charge < -0.3 is 48.9 Å². The number of ether oxygens (including phenoxy) is 7. The normalized spacial score (nSPS) is 10.5. The second-order valence-electron chi connectivity index (χ2n) is 29.7. The number of hydrogen-bond acceptors (Lipinski definition) is 22. The number of carbonyl (C=O) groups is 10. The Kier molecular flexibility index (Phi) is 43.0. The van der Waals surface area contributed by atoms with Crippen molar-refractivity contribution in [2.24, 2.45) is 28.2 Å². The number of aromatic nitrogens is 8. The van der Waals surface area contributed by atoms with Gasteiger partial charge in [0.25, 0.3) is 22.2 Å². The molecule has 11 aromatic rings. The van der Waals surface area contributed by atoms with Crippen LogP contribution < -0.4 is 43.9 Å². The predicted molar refractivity (Wildman–Crippen MR) is 497 cm³/mol. The highest BCUT2D eigenvalue weighted by Gasteiger charge is 2.27. The molecular formula is C97H117N13O22. The fourth-order valence-electron chi connectivity index (χ4n) is 13.6. The highest BCUT2D eigenvalue weighted by Crippen LogP contribution is 2.24. The number of benzene rings is 7. The molecule has 702 valence electrons. The van der Waals surface area contributed by atoms with Gasteiger partial charge in [-0.3, -0.25) is 87.4 Å². The molecule has 0 bridgehead atoms. The zero-order chi connectivity index (χ0) is 96.0. The fraction of sp³-hybridized carbons (Fsp3) is 0.340. The average Bonchev–Trinajstić information content (AvgIpc) is 1.64. The number of carbonyl (C=O) groups excluding carboxylic acids is 9. The molecule has 4 aromatic heterocycles. The maximum atomic E-state index is 13.2. The number of anilines is 4. The lowest BCUT2D eigenvalue weighted by Gasteiger charge is -2.12. The Hall–Kier alpha value is -15.3. The van der Waals surface area contributed by atoms with Gasteiger partial charge in [0.1, 0.15) is 54.8 Å². The molecule has 35 nitrogen and oxygen atoms in total. The summed E-state index contributed by atoms with van der Waals surface area (Å²) in [7, 11) is 10.4. The number of Topliss-reactive ketones (excluding diaryl/α,β-unsaturated/α-hetero) is 1. The maximum absolute atomic E-state index is 13.2. The number of hydrogen-bond donors (Lipinski definition) is 5. The average molecular weight is 1820 g/mol. The summed E-state index contributed by atoms with van der Waals surface area (Å²) in [5.74, 6) is -2.46. The number of para-hydroxylation sites is 4. The van der Waals surface area contributed by atoms with Gasteiger partial charge >= 0.3 is 48.1 Å². The summed E-state index contributed by atoms with van der Waals surface area (Å²) in [5.41, 5.74) is 12.9. The molecule has 0 radical (unpaired) electrons. The number of carboxylic acids is 1. The Balaban J connectivity index is 0.000000230. The number of nitrogen functional groups attached to an aromatic ring is 1. The van der Waals surface area contributed by atoms with E-state index in [2.05, 4.69) is 20.7 Å². The van der Waals surface area contributed by atoms with Crippen molar-refractivity contribution >= 4 is 82.6 Å². The van der Waals surface area contributed by atoms with Crippen LogP contribution in [0.4, 0.5) is 37.1 Å². The summed E-state index contributed by atoms with van der Waals surface area (Å²) in [4.78, 5) is 170. The number of ketones is 1. The summed E-state index contributed by atoms with van der Waals surface area (Å²) in [5, 5.41) is 16.7. The Morgan fingerprint density at radius 3 is 0.879 bits per heavy atom. The Morgan fingerprint density at radius 2 is 0.583 bits per heavy atom. The highest BCUT2D eigenvalue weighted by molar-refractivity contribution is 5.95. The van der Waals surface area contributed by atoms with Crippen molar-refractivity contribution in [1.29, 1.82) is 0 Å². The van der Waals surface area contributed by atoms with Gasteiger partial charge in [-0.05, 0) is 151 Å². The first kappa shape index (κ1) is 104. The first-order valence-electron chi connectivity index (χ1n) is 43.2. The van der Waals surface area contributed by atoms with E-state index < -0.39 is 35.8 Å². The third kappa shape index (κ3) is 32.5. The van der Waals surface area contributed by atoms with Crippen LogP contribution in [0.2, 0.25) is 0 Å². The number of aliphatic carboxylic acids is 1. The molecule has 11 rings (SSSR count). The predicted octanol–water partition coefficient (Wildman–Crippen LogP) is 13.4. The van der Waals surface area contributed by atoms with Crippen LogP contribution in [0, 0.1) is 0 Å². The molecule has 0 atom stereocenters. The number of amides is 4. The van der Waals surface area contributed by atoms with Gasteiger partial charge in [0.05, 0.1) is 72.0 Å². The maximum Gasteiger partial charge on any atom is 0.412 e. The molecule has 0 aliphatic heterocycles. The minimum atomic E-state index is -0.917. The first-order chi connectivity index (χ1) is 63.5. The van der Waals surface area contributed by atoms with Crippen LogP contribution >= 0.6 is 0 Å². The summed E-state index contributed by atoms with van der Waals surface area (Å²) < 4.78 is 47.8. The van der Waals surface area contributed by atoms with Gasteiger partial charge in [0.2, 0.25) is 5.91 Å². The number of nitrogens with two attached hydrogens (primary N) is 1. The second-order valence-corrected chi connectivity index (χ2v) is 29.7. The van der Waals surface area contributed by atoms with Crippen molar-refractivity contribution in [3.05, 3.63) is 293 Å². The lowest BCUT2D eigenvalue weighted by atomic mass is 10.1. The van der Waals surface area contributed by atoms with Crippen LogP contribution in [-0.2, 0) is 140 Å². The van der Waals surface area contributed by atoms with Crippen LogP contribution in [0.1, 0.15) is 144 Å². The molecule has 4 amide bonds. The Bertz CT molecular complexity index is 5820. The molecule has 0 spiro atoms. The number of esters is 4. The van der Waals surface area contributed by atoms with Gasteiger partial charge in [-0.25, -0.2) is 33.1 Å². The zero-order valence-electron chi connectivity index (χ0n) is 76.1. The van der Waals surface area contributed by atoms with E-state index in [9.17, 15) is 67.1 Å². The zero-order valence-corrected chi connectivity index (χ0v) is 76.1. The van der Waals surface area contributed by atoms with E-state index in [-0.39, 0.29) is 128 Å². The molecule has 6 N–H and O–H groups in total. The van der Waals surface area contributed by atoms with Gasteiger partial charge in [0.15, 0.2) is 0 Å². The topological polar surface area (TPSA) is 429 Å². The van der Waals surface area contributed by atoms with Gasteiger partial charge in [0, 0.05) is 80.8 Å². The van der Waals surface area contributed by atoms with E-state index in [0.717, 1.165) is 28.1 Å². The monoisotopic (exact) mass is 1820 g/mol. The Labute approximate surface area is 764 Å². The molecule has 0 saturated heterocycles. The van der Waals surface area contributed by atoms with E-state index in [4.69, 9.17) is 39.3 Å². The van der Waals surface area contributed by atoms with Crippen molar-refractivity contribution in [2.45, 2.75) is 150 Å². The van der Waals surface area contributed by atoms with Crippen molar-refractivity contribution in [2.75, 3.05) is 62.2 Å². The van der Waals surface area contributed by atoms with E-state index in [1.54, 1.807) is 125 Å². The molecule has 132 heavy (non-hydrogen) atoms. The minimum Gasteiger partial charge on any atom is -0.481 e. The van der Waals surface area contributed by atoms with E-state index >= 15 is 0 Å². The SMILES string of the molecule is CCOC(=O)CCCC(=O)CC(=O)OCC.CCOC(=O)CCCc1c(N)c(=O)n(-c2ccccc2)n1C.CCOC(=O)CCCc1c(NC(=O)OCc2ccccc2)c(=O)n(-c2ccccc2)n1C.CN(C)C(=O)CCCc1c(NC(=O)OCc2ccccc2)c(=O)n(-c2ccccc2)n1C.Cn1c(CCCC(=O)O)c(NC(=O)OCc2ccccc2)c(=O)n1-c1ccccc1. The molecule has 35 heteroatoms. The van der Waals surface area contributed by atoms with Crippen molar-refractivity contribution < 1.29 is 86.2 Å². The summed E-state index contributed by atoms with van der Waals surface area (Å²) in [6.07, 6.45) is 2.92. The van der Waals surface area contributed by atoms with Crippen LogP contribution in [0.15, 0.2) is 232 Å². The third-order valence-corrected chi connectivity index (χ3v) is 20.0. The molecule has 7 aromatic carbocycles. The quantitative estimate of drug-likeness (QED) is 0.0136. The Morgan fingerprint density at radius 1 is 0.326 bits per heavy atom. The van der Waals surface area contributed by atoms with Gasteiger partial charge in [-0.1, -0.05) is 164 Å². The summed E-state index contributed by atoms with van der Waals surface area (Å²) >= 11 is 0. The van der Waals surface area contributed by atoms with E-state index in [1.165, 1.54) is 23.6 Å². The van der Waals surface area contributed by atoms with Crippen LogP contribution in [-0.4, -0.2) is 148 Å². The van der Waals surface area contributed by atoms with Crippen LogP contribution in [0.3, 0.4) is 0 Å².